The molecule has 1 aromatic rings. The standard InChI is InChI=1S/C15H23ClN2O2/c1-4-7-15(3,20)10-17-9-14(19)18-13-8-12(16)6-5-11(13)2/h5-6,8,17,20H,4,7,9-10H2,1-3H3,(H,18,19). The molecule has 0 aromatic heterocycles. The van der Waals surface area contributed by atoms with E-state index < -0.39 is 5.60 Å². The lowest BCUT2D eigenvalue weighted by Crippen LogP contribution is -2.40. The zero-order valence-corrected chi connectivity index (χ0v) is 13.0. The summed E-state index contributed by atoms with van der Waals surface area (Å²) in [5.74, 6) is -0.150. The van der Waals surface area contributed by atoms with Gasteiger partial charge in [0.05, 0.1) is 12.1 Å². The van der Waals surface area contributed by atoms with Crippen LogP contribution in [0.2, 0.25) is 5.02 Å². The highest BCUT2D eigenvalue weighted by Gasteiger charge is 2.18. The molecule has 0 spiro atoms. The summed E-state index contributed by atoms with van der Waals surface area (Å²) in [6, 6.07) is 5.37. The van der Waals surface area contributed by atoms with Gasteiger partial charge in [0.15, 0.2) is 0 Å². The summed E-state index contributed by atoms with van der Waals surface area (Å²) in [5.41, 5.74) is 0.895. The molecule has 0 aliphatic carbocycles. The molecule has 0 aliphatic rings. The number of carbonyl (C=O) groups is 1. The van der Waals surface area contributed by atoms with Gasteiger partial charge in [0.2, 0.25) is 5.91 Å². The maximum atomic E-state index is 11.8. The van der Waals surface area contributed by atoms with E-state index in [0.29, 0.717) is 23.7 Å². The minimum atomic E-state index is -0.777. The minimum Gasteiger partial charge on any atom is -0.389 e. The van der Waals surface area contributed by atoms with Crippen molar-refractivity contribution in [3.8, 4) is 0 Å². The first-order valence-corrected chi connectivity index (χ1v) is 7.21. The fourth-order valence-corrected chi connectivity index (χ4v) is 2.17. The van der Waals surface area contributed by atoms with Crippen LogP contribution < -0.4 is 10.6 Å². The largest absolute Gasteiger partial charge is 0.389 e. The molecule has 0 bridgehead atoms. The summed E-state index contributed by atoms with van der Waals surface area (Å²) in [4.78, 5) is 11.8. The number of benzene rings is 1. The summed E-state index contributed by atoms with van der Waals surface area (Å²) in [6.45, 7) is 6.24. The van der Waals surface area contributed by atoms with Crippen LogP contribution in [-0.4, -0.2) is 29.7 Å². The molecule has 0 aliphatic heterocycles. The zero-order chi connectivity index (χ0) is 15.2. The first kappa shape index (κ1) is 17.0. The van der Waals surface area contributed by atoms with Gasteiger partial charge in [-0.3, -0.25) is 4.79 Å². The van der Waals surface area contributed by atoms with Crippen molar-refractivity contribution in [2.24, 2.45) is 0 Å². The van der Waals surface area contributed by atoms with E-state index in [1.54, 1.807) is 19.1 Å². The van der Waals surface area contributed by atoms with Gasteiger partial charge in [0, 0.05) is 17.3 Å². The highest BCUT2D eigenvalue weighted by atomic mass is 35.5. The molecule has 112 valence electrons. The van der Waals surface area contributed by atoms with Gasteiger partial charge in [-0.25, -0.2) is 0 Å². The minimum absolute atomic E-state index is 0.150. The van der Waals surface area contributed by atoms with Gasteiger partial charge in [0.25, 0.3) is 0 Å². The second kappa shape index (κ2) is 7.62. The average molecular weight is 299 g/mol. The first-order valence-electron chi connectivity index (χ1n) is 6.83. The van der Waals surface area contributed by atoms with Crippen molar-refractivity contribution in [3.63, 3.8) is 0 Å². The Morgan fingerprint density at radius 1 is 1.45 bits per heavy atom. The Kier molecular flexibility index (Phi) is 6.46. The molecule has 0 radical (unpaired) electrons. The maximum Gasteiger partial charge on any atom is 0.238 e. The van der Waals surface area contributed by atoms with Gasteiger partial charge in [-0.15, -0.1) is 0 Å². The van der Waals surface area contributed by atoms with Crippen LogP contribution in [0.25, 0.3) is 0 Å². The van der Waals surface area contributed by atoms with E-state index in [1.807, 2.05) is 19.9 Å². The van der Waals surface area contributed by atoms with Gasteiger partial charge >= 0.3 is 0 Å². The molecule has 0 heterocycles. The number of carbonyl (C=O) groups excluding carboxylic acids is 1. The molecule has 1 aromatic carbocycles. The number of nitrogens with one attached hydrogen (secondary N) is 2. The molecule has 5 heteroatoms. The van der Waals surface area contributed by atoms with Gasteiger partial charge in [0.1, 0.15) is 0 Å². The quantitative estimate of drug-likeness (QED) is 0.725. The molecule has 3 N–H and O–H groups in total. The van der Waals surface area contributed by atoms with Crippen molar-refractivity contribution >= 4 is 23.2 Å². The van der Waals surface area contributed by atoms with Crippen molar-refractivity contribution in [1.82, 2.24) is 5.32 Å². The third-order valence-electron chi connectivity index (χ3n) is 3.05. The molecule has 0 fully saturated rings. The number of hydrogen-bond acceptors (Lipinski definition) is 3. The lowest BCUT2D eigenvalue weighted by atomic mass is 10.0. The molecule has 20 heavy (non-hydrogen) atoms. The molecule has 0 saturated carbocycles. The normalized spacial score (nSPS) is 13.8. The Morgan fingerprint density at radius 2 is 2.15 bits per heavy atom. The van der Waals surface area contributed by atoms with E-state index in [-0.39, 0.29) is 12.5 Å². The smallest absolute Gasteiger partial charge is 0.238 e. The summed E-state index contributed by atoms with van der Waals surface area (Å²) in [5, 5.41) is 16.3. The Labute approximate surface area is 125 Å². The molecular weight excluding hydrogens is 276 g/mol. The number of aliphatic hydroxyl groups is 1. The first-order chi connectivity index (χ1) is 9.34. The predicted octanol–water partition coefficient (Wildman–Crippen LogP) is 2.73. The summed E-state index contributed by atoms with van der Waals surface area (Å²) in [7, 11) is 0. The van der Waals surface area contributed by atoms with E-state index in [0.717, 1.165) is 12.0 Å². The molecule has 1 rings (SSSR count). The number of amides is 1. The molecule has 4 nitrogen and oxygen atoms in total. The third kappa shape index (κ3) is 5.90. The fraction of sp³-hybridized carbons (Fsp3) is 0.533. The van der Waals surface area contributed by atoms with Gasteiger partial charge in [-0.1, -0.05) is 31.0 Å². The number of halogens is 1. The predicted molar refractivity (Wildman–Crippen MR) is 83.2 cm³/mol. The van der Waals surface area contributed by atoms with Crippen molar-refractivity contribution in [2.75, 3.05) is 18.4 Å². The van der Waals surface area contributed by atoms with Crippen LogP contribution in [0, 0.1) is 6.92 Å². The third-order valence-corrected chi connectivity index (χ3v) is 3.29. The van der Waals surface area contributed by atoms with Gasteiger partial charge in [-0.05, 0) is 38.0 Å². The van der Waals surface area contributed by atoms with Crippen LogP contribution in [0.4, 0.5) is 5.69 Å². The highest BCUT2D eigenvalue weighted by Crippen LogP contribution is 2.19. The van der Waals surface area contributed by atoms with Crippen molar-refractivity contribution in [3.05, 3.63) is 28.8 Å². The second-order valence-corrected chi connectivity index (χ2v) is 5.79. The number of hydrogen-bond donors (Lipinski definition) is 3. The average Bonchev–Trinajstić information content (AvgIpc) is 2.33. The van der Waals surface area contributed by atoms with Gasteiger partial charge in [-0.2, -0.15) is 0 Å². The topological polar surface area (TPSA) is 61.4 Å². The van der Waals surface area contributed by atoms with Crippen LogP contribution in [0.1, 0.15) is 32.3 Å². The zero-order valence-electron chi connectivity index (χ0n) is 12.3. The van der Waals surface area contributed by atoms with Crippen molar-refractivity contribution in [1.29, 1.82) is 0 Å². The Morgan fingerprint density at radius 3 is 2.80 bits per heavy atom. The lowest BCUT2D eigenvalue weighted by molar-refractivity contribution is -0.115. The number of rotatable bonds is 7. The van der Waals surface area contributed by atoms with Crippen molar-refractivity contribution < 1.29 is 9.90 Å². The van der Waals surface area contributed by atoms with Crippen LogP contribution in [0.3, 0.4) is 0 Å². The van der Waals surface area contributed by atoms with Crippen LogP contribution in [-0.2, 0) is 4.79 Å². The molecule has 1 atom stereocenters. The lowest BCUT2D eigenvalue weighted by Gasteiger charge is -2.22. The van der Waals surface area contributed by atoms with E-state index >= 15 is 0 Å². The summed E-state index contributed by atoms with van der Waals surface area (Å²) < 4.78 is 0. The van der Waals surface area contributed by atoms with Gasteiger partial charge < -0.3 is 15.7 Å². The Bertz CT molecular complexity index is 461. The molecule has 0 saturated heterocycles. The molecular formula is C15H23ClN2O2. The van der Waals surface area contributed by atoms with Crippen molar-refractivity contribution in [2.45, 2.75) is 39.2 Å². The molecule has 1 unspecified atom stereocenters. The maximum absolute atomic E-state index is 11.8. The number of anilines is 1. The van der Waals surface area contributed by atoms with E-state index in [2.05, 4.69) is 10.6 Å². The van der Waals surface area contributed by atoms with Crippen LogP contribution in [0.5, 0.6) is 0 Å². The Hall–Kier alpha value is -1.10. The summed E-state index contributed by atoms with van der Waals surface area (Å²) >= 11 is 5.90. The SMILES string of the molecule is CCCC(C)(O)CNCC(=O)Nc1cc(Cl)ccc1C. The van der Waals surface area contributed by atoms with E-state index in [9.17, 15) is 9.90 Å². The fourth-order valence-electron chi connectivity index (χ4n) is 2.00. The number of aryl methyl sites for hydroxylation is 1. The Balaban J connectivity index is 2.43. The van der Waals surface area contributed by atoms with Crippen LogP contribution in [0.15, 0.2) is 18.2 Å². The molecule has 1 amide bonds. The van der Waals surface area contributed by atoms with E-state index in [4.69, 9.17) is 11.6 Å². The summed E-state index contributed by atoms with van der Waals surface area (Å²) in [6.07, 6.45) is 1.61. The second-order valence-electron chi connectivity index (χ2n) is 5.36. The monoisotopic (exact) mass is 298 g/mol. The van der Waals surface area contributed by atoms with Crippen LogP contribution >= 0.6 is 11.6 Å². The van der Waals surface area contributed by atoms with E-state index in [1.165, 1.54) is 0 Å². The highest BCUT2D eigenvalue weighted by molar-refractivity contribution is 6.31.